The molecule has 2 nitrogen and oxygen atoms in total. The van der Waals surface area contributed by atoms with E-state index in [-0.39, 0.29) is 5.82 Å². The standard InChI is InChI=1S/C20H24FNO/c1-3-5-6-8-16-13-22-19(7-4-2)18(14-23)20(16)15-9-11-17(21)12-10-15/h9-14H,3-8H2,1-2H3. The average molecular weight is 313 g/mol. The monoisotopic (exact) mass is 313 g/mol. The molecule has 23 heavy (non-hydrogen) atoms. The third-order valence-corrected chi connectivity index (χ3v) is 4.06. The average Bonchev–Trinajstić information content (AvgIpc) is 2.57. The number of unbranched alkanes of at least 4 members (excludes halogenated alkanes) is 2. The fourth-order valence-electron chi connectivity index (χ4n) is 2.88. The van der Waals surface area contributed by atoms with Gasteiger partial charge in [0.2, 0.25) is 0 Å². The molecule has 2 aromatic rings. The summed E-state index contributed by atoms with van der Waals surface area (Å²) in [5.41, 5.74) is 4.38. The molecular weight excluding hydrogens is 289 g/mol. The van der Waals surface area contributed by atoms with Crippen LogP contribution in [0.15, 0.2) is 30.5 Å². The number of aldehydes is 1. The van der Waals surface area contributed by atoms with Gasteiger partial charge in [0, 0.05) is 11.8 Å². The van der Waals surface area contributed by atoms with Crippen LogP contribution in [-0.4, -0.2) is 11.3 Å². The lowest BCUT2D eigenvalue weighted by Crippen LogP contribution is -2.04. The third-order valence-electron chi connectivity index (χ3n) is 4.06. The maximum atomic E-state index is 13.3. The molecule has 0 atom stereocenters. The van der Waals surface area contributed by atoms with Gasteiger partial charge in [0.05, 0.1) is 5.69 Å². The van der Waals surface area contributed by atoms with Gasteiger partial charge >= 0.3 is 0 Å². The summed E-state index contributed by atoms with van der Waals surface area (Å²) in [5, 5.41) is 0. The highest BCUT2D eigenvalue weighted by Crippen LogP contribution is 2.30. The number of nitrogens with zero attached hydrogens (tertiary/aromatic N) is 1. The van der Waals surface area contributed by atoms with Crippen LogP contribution in [0.4, 0.5) is 4.39 Å². The fourth-order valence-corrected chi connectivity index (χ4v) is 2.88. The Bertz CT molecular complexity index is 649. The minimum atomic E-state index is -0.267. The van der Waals surface area contributed by atoms with Gasteiger partial charge in [-0.25, -0.2) is 4.39 Å². The Morgan fingerprint density at radius 3 is 2.39 bits per heavy atom. The number of aryl methyl sites for hydroxylation is 2. The van der Waals surface area contributed by atoms with E-state index in [1.54, 1.807) is 12.1 Å². The van der Waals surface area contributed by atoms with Crippen LogP contribution in [0.3, 0.4) is 0 Å². The van der Waals surface area contributed by atoms with E-state index in [1.165, 1.54) is 12.1 Å². The molecule has 0 aliphatic rings. The van der Waals surface area contributed by atoms with Gasteiger partial charge < -0.3 is 0 Å². The van der Waals surface area contributed by atoms with Crippen molar-refractivity contribution in [1.82, 2.24) is 4.98 Å². The number of pyridine rings is 1. The van der Waals surface area contributed by atoms with Gasteiger partial charge in [0.15, 0.2) is 6.29 Å². The number of benzene rings is 1. The summed E-state index contributed by atoms with van der Waals surface area (Å²) >= 11 is 0. The van der Waals surface area contributed by atoms with Crippen LogP contribution < -0.4 is 0 Å². The summed E-state index contributed by atoms with van der Waals surface area (Å²) in [6.07, 6.45) is 8.76. The summed E-state index contributed by atoms with van der Waals surface area (Å²) in [6.45, 7) is 4.24. The van der Waals surface area contributed by atoms with Crippen LogP contribution in [0.2, 0.25) is 0 Å². The zero-order valence-electron chi connectivity index (χ0n) is 13.9. The van der Waals surface area contributed by atoms with Gasteiger partial charge in [0.25, 0.3) is 0 Å². The number of carbonyl (C=O) groups excluding carboxylic acids is 1. The third kappa shape index (κ3) is 4.25. The van der Waals surface area contributed by atoms with E-state index in [0.717, 1.165) is 67.2 Å². The van der Waals surface area contributed by atoms with E-state index in [4.69, 9.17) is 0 Å². The molecule has 0 radical (unpaired) electrons. The molecule has 1 heterocycles. The smallest absolute Gasteiger partial charge is 0.152 e. The first kappa shape index (κ1) is 17.3. The van der Waals surface area contributed by atoms with Crippen LogP contribution in [0.1, 0.15) is 61.1 Å². The Hall–Kier alpha value is -2.03. The van der Waals surface area contributed by atoms with Crippen LogP contribution in [0.5, 0.6) is 0 Å². The maximum Gasteiger partial charge on any atom is 0.152 e. The van der Waals surface area contributed by atoms with Crippen molar-refractivity contribution >= 4 is 6.29 Å². The van der Waals surface area contributed by atoms with Gasteiger partial charge in [-0.2, -0.15) is 0 Å². The Labute approximate surface area is 137 Å². The maximum absolute atomic E-state index is 13.3. The van der Waals surface area contributed by atoms with Crippen molar-refractivity contribution < 1.29 is 9.18 Å². The molecule has 0 bridgehead atoms. The molecule has 0 saturated heterocycles. The van der Waals surface area contributed by atoms with Gasteiger partial charge in [-0.05, 0) is 48.1 Å². The first-order valence-electron chi connectivity index (χ1n) is 8.43. The van der Waals surface area contributed by atoms with E-state index >= 15 is 0 Å². The molecular formula is C20H24FNO. The van der Waals surface area contributed by atoms with Crippen molar-refractivity contribution in [3.63, 3.8) is 0 Å². The van der Waals surface area contributed by atoms with E-state index in [1.807, 2.05) is 6.20 Å². The lowest BCUT2D eigenvalue weighted by molar-refractivity contribution is 0.112. The topological polar surface area (TPSA) is 30.0 Å². The molecule has 0 N–H and O–H groups in total. The zero-order chi connectivity index (χ0) is 16.7. The van der Waals surface area contributed by atoms with Crippen molar-refractivity contribution in [1.29, 1.82) is 0 Å². The minimum Gasteiger partial charge on any atom is -0.298 e. The second kappa shape index (κ2) is 8.56. The number of halogens is 1. The predicted molar refractivity (Wildman–Crippen MR) is 92.2 cm³/mol. The number of hydrogen-bond donors (Lipinski definition) is 0. The largest absolute Gasteiger partial charge is 0.298 e. The molecule has 122 valence electrons. The van der Waals surface area contributed by atoms with Crippen molar-refractivity contribution in [2.75, 3.05) is 0 Å². The van der Waals surface area contributed by atoms with Crippen LogP contribution in [0.25, 0.3) is 11.1 Å². The molecule has 2 rings (SSSR count). The molecule has 3 heteroatoms. The Kier molecular flexibility index (Phi) is 6.45. The second-order valence-corrected chi connectivity index (χ2v) is 5.85. The summed E-state index contributed by atoms with van der Waals surface area (Å²) in [5.74, 6) is -0.267. The van der Waals surface area contributed by atoms with E-state index < -0.39 is 0 Å². The number of rotatable bonds is 8. The van der Waals surface area contributed by atoms with E-state index in [2.05, 4.69) is 18.8 Å². The molecule has 1 aromatic carbocycles. The molecule has 0 amide bonds. The highest BCUT2D eigenvalue weighted by Gasteiger charge is 2.15. The Balaban J connectivity index is 2.53. The fraction of sp³-hybridized carbons (Fsp3) is 0.400. The molecule has 0 unspecified atom stereocenters. The molecule has 1 aromatic heterocycles. The predicted octanol–water partition coefficient (Wildman–Crippen LogP) is 5.39. The molecule has 0 spiro atoms. The molecule has 0 fully saturated rings. The number of aromatic nitrogens is 1. The van der Waals surface area contributed by atoms with Crippen LogP contribution in [0, 0.1) is 5.82 Å². The summed E-state index contributed by atoms with van der Waals surface area (Å²) in [4.78, 5) is 16.2. The Morgan fingerprint density at radius 1 is 1.04 bits per heavy atom. The van der Waals surface area contributed by atoms with E-state index in [9.17, 15) is 9.18 Å². The number of carbonyl (C=O) groups is 1. The van der Waals surface area contributed by atoms with Crippen molar-refractivity contribution in [2.24, 2.45) is 0 Å². The summed E-state index contributed by atoms with van der Waals surface area (Å²) in [6, 6.07) is 6.38. The van der Waals surface area contributed by atoms with Crippen LogP contribution in [-0.2, 0) is 12.8 Å². The van der Waals surface area contributed by atoms with Gasteiger partial charge in [0.1, 0.15) is 5.82 Å². The molecule has 0 saturated carbocycles. The van der Waals surface area contributed by atoms with Crippen molar-refractivity contribution in [3.8, 4) is 11.1 Å². The Morgan fingerprint density at radius 2 is 1.78 bits per heavy atom. The van der Waals surface area contributed by atoms with Gasteiger partial charge in [-0.1, -0.05) is 45.2 Å². The highest BCUT2D eigenvalue weighted by atomic mass is 19.1. The first-order valence-corrected chi connectivity index (χ1v) is 8.43. The van der Waals surface area contributed by atoms with Crippen molar-refractivity contribution in [2.45, 2.75) is 52.4 Å². The van der Waals surface area contributed by atoms with Gasteiger partial charge in [-0.15, -0.1) is 0 Å². The lowest BCUT2D eigenvalue weighted by atomic mass is 9.91. The SMILES string of the molecule is CCCCCc1cnc(CCC)c(C=O)c1-c1ccc(F)cc1. The van der Waals surface area contributed by atoms with Gasteiger partial charge in [-0.3, -0.25) is 9.78 Å². The summed E-state index contributed by atoms with van der Waals surface area (Å²) < 4.78 is 13.3. The van der Waals surface area contributed by atoms with Crippen molar-refractivity contribution in [3.05, 3.63) is 53.1 Å². The molecule has 0 aliphatic carbocycles. The zero-order valence-corrected chi connectivity index (χ0v) is 13.9. The normalized spacial score (nSPS) is 10.7. The minimum absolute atomic E-state index is 0.267. The highest BCUT2D eigenvalue weighted by molar-refractivity contribution is 5.90. The first-order chi connectivity index (χ1) is 11.2. The summed E-state index contributed by atoms with van der Waals surface area (Å²) in [7, 11) is 0. The second-order valence-electron chi connectivity index (χ2n) is 5.85. The lowest BCUT2D eigenvalue weighted by Gasteiger charge is -2.15. The van der Waals surface area contributed by atoms with Crippen LogP contribution >= 0.6 is 0 Å². The quantitative estimate of drug-likeness (QED) is 0.483. The van der Waals surface area contributed by atoms with E-state index in [0.29, 0.717) is 5.56 Å². The number of hydrogen-bond acceptors (Lipinski definition) is 2. The molecule has 0 aliphatic heterocycles.